The zero-order chi connectivity index (χ0) is 21.3. The van der Waals surface area contributed by atoms with Gasteiger partial charge in [-0.3, -0.25) is 4.79 Å². The molecule has 150 valence electrons. The van der Waals surface area contributed by atoms with Gasteiger partial charge in [0.25, 0.3) is 5.91 Å². The van der Waals surface area contributed by atoms with Crippen molar-refractivity contribution in [3.8, 4) is 23.3 Å². The molecule has 0 fully saturated rings. The van der Waals surface area contributed by atoms with E-state index in [9.17, 15) is 10.1 Å². The predicted octanol–water partition coefficient (Wildman–Crippen LogP) is 5.81. The summed E-state index contributed by atoms with van der Waals surface area (Å²) in [4.78, 5) is 12.8. The van der Waals surface area contributed by atoms with Gasteiger partial charge in [-0.15, -0.1) is 0 Å². The van der Waals surface area contributed by atoms with Gasteiger partial charge in [0, 0.05) is 5.56 Å². The van der Waals surface area contributed by atoms with Crippen LogP contribution in [-0.4, -0.2) is 12.0 Å². The summed E-state index contributed by atoms with van der Waals surface area (Å²) in [6.07, 6.45) is 1.49. The maximum atomic E-state index is 12.8. The molecule has 1 amide bonds. The second kappa shape index (κ2) is 9.94. The van der Waals surface area contributed by atoms with Crippen molar-refractivity contribution in [3.05, 3.63) is 90.0 Å². The number of para-hydroxylation sites is 4. The largest absolute Gasteiger partial charge is 0.490 e. The molecule has 3 rings (SSSR count). The molecule has 0 aliphatic carbocycles. The molecular weight excluding hydrogens is 376 g/mol. The Hall–Kier alpha value is -4.04. The Bertz CT molecular complexity index is 1080. The fourth-order valence-electron chi connectivity index (χ4n) is 2.73. The third kappa shape index (κ3) is 5.49. The second-order valence-electron chi connectivity index (χ2n) is 6.74. The van der Waals surface area contributed by atoms with E-state index in [1.165, 1.54) is 6.08 Å². The molecule has 30 heavy (non-hydrogen) atoms. The van der Waals surface area contributed by atoms with Crippen LogP contribution >= 0.6 is 0 Å². The lowest BCUT2D eigenvalue weighted by Crippen LogP contribution is -2.14. The molecule has 0 atom stereocenters. The summed E-state index contributed by atoms with van der Waals surface area (Å²) in [6, 6.07) is 25.6. The Balaban J connectivity index is 1.84. The number of ether oxygens (including phenoxy) is 2. The summed E-state index contributed by atoms with van der Waals surface area (Å²) < 4.78 is 11.6. The van der Waals surface area contributed by atoms with Crippen LogP contribution in [0.25, 0.3) is 6.08 Å². The van der Waals surface area contributed by atoms with Crippen LogP contribution in [0.5, 0.6) is 17.2 Å². The summed E-state index contributed by atoms with van der Waals surface area (Å²) in [5.41, 5.74) is 1.09. The molecule has 3 aromatic carbocycles. The average molecular weight is 398 g/mol. The lowest BCUT2D eigenvalue weighted by Gasteiger charge is -2.13. The molecule has 0 saturated carbocycles. The average Bonchev–Trinajstić information content (AvgIpc) is 2.75. The number of rotatable bonds is 7. The molecule has 0 aliphatic rings. The van der Waals surface area contributed by atoms with Crippen LogP contribution in [0.2, 0.25) is 0 Å². The van der Waals surface area contributed by atoms with E-state index in [-0.39, 0.29) is 11.7 Å². The number of nitrogens with zero attached hydrogens (tertiary/aromatic N) is 1. The van der Waals surface area contributed by atoms with E-state index >= 15 is 0 Å². The van der Waals surface area contributed by atoms with E-state index in [4.69, 9.17) is 9.47 Å². The number of amides is 1. The van der Waals surface area contributed by atoms with E-state index in [0.717, 1.165) is 0 Å². The second-order valence-corrected chi connectivity index (χ2v) is 6.74. The molecule has 5 nitrogen and oxygen atoms in total. The molecular formula is C25H22N2O3. The summed E-state index contributed by atoms with van der Waals surface area (Å²) >= 11 is 0. The zero-order valence-corrected chi connectivity index (χ0v) is 16.8. The molecule has 1 N–H and O–H groups in total. The summed E-state index contributed by atoms with van der Waals surface area (Å²) in [5, 5.41) is 12.3. The first kappa shape index (κ1) is 20.7. The Labute approximate surface area is 176 Å². The summed E-state index contributed by atoms with van der Waals surface area (Å²) in [6.45, 7) is 3.84. The van der Waals surface area contributed by atoms with Gasteiger partial charge in [0.2, 0.25) is 0 Å². The number of anilines is 1. The number of nitriles is 1. The lowest BCUT2D eigenvalue weighted by molar-refractivity contribution is -0.112. The molecule has 0 bridgehead atoms. The first-order chi connectivity index (χ1) is 14.6. The quantitative estimate of drug-likeness (QED) is 0.403. The molecule has 0 saturated heterocycles. The number of hydrogen-bond donors (Lipinski definition) is 1. The van der Waals surface area contributed by atoms with E-state index in [2.05, 4.69) is 5.32 Å². The van der Waals surface area contributed by atoms with Crippen molar-refractivity contribution in [2.24, 2.45) is 0 Å². The molecule has 0 aliphatic heterocycles. The van der Waals surface area contributed by atoms with Gasteiger partial charge in [0.1, 0.15) is 23.1 Å². The van der Waals surface area contributed by atoms with Gasteiger partial charge in [-0.05, 0) is 50.3 Å². The van der Waals surface area contributed by atoms with Gasteiger partial charge in [0.05, 0.1) is 11.8 Å². The van der Waals surface area contributed by atoms with Crippen LogP contribution in [-0.2, 0) is 4.79 Å². The normalized spacial score (nSPS) is 10.9. The molecule has 0 heterocycles. The fourth-order valence-corrected chi connectivity index (χ4v) is 2.73. The van der Waals surface area contributed by atoms with Crippen molar-refractivity contribution in [2.75, 3.05) is 5.32 Å². The number of carbonyl (C=O) groups is 1. The number of carbonyl (C=O) groups excluding carboxylic acids is 1. The van der Waals surface area contributed by atoms with Crippen molar-refractivity contribution in [1.29, 1.82) is 5.26 Å². The minimum Gasteiger partial charge on any atom is -0.490 e. The first-order valence-electron chi connectivity index (χ1n) is 9.57. The topological polar surface area (TPSA) is 71.3 Å². The van der Waals surface area contributed by atoms with Gasteiger partial charge >= 0.3 is 0 Å². The third-order valence-corrected chi connectivity index (χ3v) is 4.05. The van der Waals surface area contributed by atoms with Crippen molar-refractivity contribution in [3.63, 3.8) is 0 Å². The smallest absolute Gasteiger partial charge is 0.266 e. The van der Waals surface area contributed by atoms with Crippen molar-refractivity contribution < 1.29 is 14.3 Å². The van der Waals surface area contributed by atoms with Crippen molar-refractivity contribution in [2.45, 2.75) is 20.0 Å². The minimum atomic E-state index is -0.527. The van der Waals surface area contributed by atoms with Crippen molar-refractivity contribution in [1.82, 2.24) is 0 Å². The third-order valence-electron chi connectivity index (χ3n) is 4.05. The minimum absolute atomic E-state index is 0.0269. The maximum absolute atomic E-state index is 12.8. The number of nitrogens with one attached hydrogen (secondary N) is 1. The summed E-state index contributed by atoms with van der Waals surface area (Å²) in [7, 11) is 0. The van der Waals surface area contributed by atoms with Crippen molar-refractivity contribution >= 4 is 17.7 Å². The fraction of sp³-hybridized carbons (Fsp3) is 0.120. The highest BCUT2D eigenvalue weighted by Gasteiger charge is 2.14. The first-order valence-corrected chi connectivity index (χ1v) is 9.57. The van der Waals surface area contributed by atoms with Gasteiger partial charge in [0.15, 0.2) is 5.75 Å². The van der Waals surface area contributed by atoms with Crippen LogP contribution in [0.3, 0.4) is 0 Å². The van der Waals surface area contributed by atoms with Crippen LogP contribution in [0.1, 0.15) is 19.4 Å². The zero-order valence-electron chi connectivity index (χ0n) is 16.8. The molecule has 5 heteroatoms. The molecule has 0 unspecified atom stereocenters. The molecule has 3 aromatic rings. The van der Waals surface area contributed by atoms with Crippen LogP contribution in [0, 0.1) is 11.3 Å². The van der Waals surface area contributed by atoms with E-state index in [0.29, 0.717) is 28.5 Å². The van der Waals surface area contributed by atoms with E-state index in [1.54, 1.807) is 24.3 Å². The Morgan fingerprint density at radius 1 is 0.933 bits per heavy atom. The van der Waals surface area contributed by atoms with E-state index < -0.39 is 5.91 Å². The highest BCUT2D eigenvalue weighted by atomic mass is 16.5. The van der Waals surface area contributed by atoms with Gasteiger partial charge in [-0.1, -0.05) is 48.5 Å². The monoisotopic (exact) mass is 398 g/mol. The highest BCUT2D eigenvalue weighted by Crippen LogP contribution is 2.30. The predicted molar refractivity (Wildman–Crippen MR) is 117 cm³/mol. The van der Waals surface area contributed by atoms with Crippen LogP contribution in [0.4, 0.5) is 5.69 Å². The summed E-state index contributed by atoms with van der Waals surface area (Å²) in [5.74, 6) is 1.22. The lowest BCUT2D eigenvalue weighted by atomic mass is 10.1. The molecule has 0 spiro atoms. The molecule has 0 radical (unpaired) electrons. The van der Waals surface area contributed by atoms with E-state index in [1.807, 2.05) is 74.5 Å². The maximum Gasteiger partial charge on any atom is 0.266 e. The number of benzene rings is 3. The standard InChI is InChI=1S/C25H22N2O3/c1-18(2)29-23-14-8-6-10-19(23)16-20(17-26)25(28)27-22-13-7-9-15-24(22)30-21-11-4-3-5-12-21/h3-16,18H,1-2H3,(H,27,28)/b20-16-. The van der Waals surface area contributed by atoms with Gasteiger partial charge < -0.3 is 14.8 Å². The molecule has 0 aromatic heterocycles. The van der Waals surface area contributed by atoms with Crippen LogP contribution < -0.4 is 14.8 Å². The van der Waals surface area contributed by atoms with Gasteiger partial charge in [-0.2, -0.15) is 5.26 Å². The van der Waals surface area contributed by atoms with Gasteiger partial charge in [-0.25, -0.2) is 0 Å². The van der Waals surface area contributed by atoms with Crippen LogP contribution in [0.15, 0.2) is 84.4 Å². The Morgan fingerprint density at radius 2 is 1.57 bits per heavy atom. The Morgan fingerprint density at radius 3 is 2.27 bits per heavy atom. The highest BCUT2D eigenvalue weighted by molar-refractivity contribution is 6.10. The SMILES string of the molecule is CC(C)Oc1ccccc1/C=C(/C#N)C(=O)Nc1ccccc1Oc1ccccc1. The Kier molecular flexibility index (Phi) is 6.86. The number of hydrogen-bond acceptors (Lipinski definition) is 4.